The van der Waals surface area contributed by atoms with Crippen LogP contribution in [0.5, 0.6) is 0 Å². The fourth-order valence-electron chi connectivity index (χ4n) is 4.82. The molecule has 0 radical (unpaired) electrons. The van der Waals surface area contributed by atoms with Crippen molar-refractivity contribution in [3.8, 4) is 0 Å². The molecule has 4 rings (SSSR count). The first kappa shape index (κ1) is 24.4. The molecule has 0 saturated carbocycles. The topological polar surface area (TPSA) is 109 Å². The number of nitrogens with one attached hydrogen (secondary N) is 1. The monoisotopic (exact) mass is 478 g/mol. The number of carbonyl (C=O) groups excluding carboxylic acids is 4. The van der Waals surface area contributed by atoms with E-state index in [4.69, 9.17) is 4.74 Å². The Balaban J connectivity index is 1.38. The van der Waals surface area contributed by atoms with Gasteiger partial charge >= 0.3 is 6.09 Å². The second kappa shape index (κ2) is 11.1. The Morgan fingerprint density at radius 2 is 1.89 bits per heavy atom. The fourth-order valence-corrected chi connectivity index (χ4v) is 4.82. The van der Waals surface area contributed by atoms with Crippen LogP contribution in [-0.4, -0.2) is 69.7 Å². The summed E-state index contributed by atoms with van der Waals surface area (Å²) in [5.74, 6) is -0.617. The van der Waals surface area contributed by atoms with E-state index in [9.17, 15) is 19.2 Å². The highest BCUT2D eigenvalue weighted by atomic mass is 16.5. The molecule has 0 aliphatic carbocycles. The van der Waals surface area contributed by atoms with Crippen molar-refractivity contribution in [3.63, 3.8) is 0 Å². The van der Waals surface area contributed by atoms with E-state index in [0.29, 0.717) is 25.8 Å². The van der Waals surface area contributed by atoms with Gasteiger partial charge in [-0.1, -0.05) is 49.7 Å². The Labute approximate surface area is 204 Å². The van der Waals surface area contributed by atoms with E-state index in [2.05, 4.69) is 10.3 Å². The fraction of sp³-hybridized carbons (Fsp3) is 0.423. The maximum atomic E-state index is 13.4. The summed E-state index contributed by atoms with van der Waals surface area (Å²) in [7, 11) is 0. The number of carbonyl (C=O) groups is 4. The van der Waals surface area contributed by atoms with Crippen molar-refractivity contribution in [3.05, 3.63) is 66.0 Å². The number of Topliss-reactive ketones (excluding diaryl/α,β-unsaturated/α-hetero) is 1. The summed E-state index contributed by atoms with van der Waals surface area (Å²) in [6.07, 6.45) is 4.37. The lowest BCUT2D eigenvalue weighted by Gasteiger charge is -2.28. The van der Waals surface area contributed by atoms with E-state index in [1.54, 1.807) is 23.4 Å². The molecule has 2 aliphatic heterocycles. The molecule has 184 valence electrons. The first-order valence-corrected chi connectivity index (χ1v) is 12.0. The van der Waals surface area contributed by atoms with Crippen LogP contribution in [0.15, 0.2) is 54.9 Å². The van der Waals surface area contributed by atoms with E-state index in [1.807, 2.05) is 43.3 Å². The van der Waals surface area contributed by atoms with E-state index < -0.39 is 18.2 Å². The van der Waals surface area contributed by atoms with E-state index in [0.717, 1.165) is 11.1 Å². The average molecular weight is 479 g/mol. The number of aromatic nitrogens is 1. The van der Waals surface area contributed by atoms with Crippen LogP contribution in [0.25, 0.3) is 0 Å². The number of rotatable bonds is 8. The lowest BCUT2D eigenvalue weighted by molar-refractivity contribution is -0.138. The highest BCUT2D eigenvalue weighted by Gasteiger charge is 2.52. The van der Waals surface area contributed by atoms with Gasteiger partial charge in [-0.15, -0.1) is 0 Å². The predicted molar refractivity (Wildman–Crippen MR) is 127 cm³/mol. The molecule has 0 spiro atoms. The lowest BCUT2D eigenvalue weighted by atomic mass is 10.1. The third kappa shape index (κ3) is 5.67. The van der Waals surface area contributed by atoms with Crippen LogP contribution >= 0.6 is 0 Å². The Morgan fingerprint density at radius 3 is 2.60 bits per heavy atom. The molecule has 1 aromatic carbocycles. The summed E-state index contributed by atoms with van der Waals surface area (Å²) < 4.78 is 5.28. The zero-order chi connectivity index (χ0) is 24.8. The second-order valence-electron chi connectivity index (χ2n) is 8.91. The molecule has 3 heterocycles. The number of pyridine rings is 1. The number of nitrogens with zero attached hydrogens (tertiary/aromatic N) is 3. The average Bonchev–Trinajstić information content (AvgIpc) is 3.44. The molecule has 1 aromatic heterocycles. The number of ketones is 1. The van der Waals surface area contributed by atoms with E-state index in [1.165, 1.54) is 4.90 Å². The van der Waals surface area contributed by atoms with E-state index in [-0.39, 0.29) is 43.2 Å². The molecule has 3 amide bonds. The molecule has 3 atom stereocenters. The van der Waals surface area contributed by atoms with Crippen LogP contribution < -0.4 is 5.32 Å². The Morgan fingerprint density at radius 1 is 1.11 bits per heavy atom. The molecular weight excluding hydrogens is 448 g/mol. The summed E-state index contributed by atoms with van der Waals surface area (Å²) >= 11 is 0. The third-order valence-corrected chi connectivity index (χ3v) is 6.48. The van der Waals surface area contributed by atoms with Crippen molar-refractivity contribution < 1.29 is 23.9 Å². The van der Waals surface area contributed by atoms with E-state index >= 15 is 0 Å². The molecule has 2 saturated heterocycles. The number of benzene rings is 1. The maximum absolute atomic E-state index is 13.4. The normalized spacial score (nSPS) is 19.9. The molecular formula is C26H30N4O5. The van der Waals surface area contributed by atoms with Crippen molar-refractivity contribution >= 4 is 23.7 Å². The summed E-state index contributed by atoms with van der Waals surface area (Å²) in [6.45, 7) is 2.37. The van der Waals surface area contributed by atoms with Crippen molar-refractivity contribution in [1.29, 1.82) is 0 Å². The van der Waals surface area contributed by atoms with Gasteiger partial charge in [0.05, 0.1) is 19.0 Å². The summed E-state index contributed by atoms with van der Waals surface area (Å²) in [4.78, 5) is 58.8. The SMILES string of the molecule is CCCC(NC(=O)OCc1ccccc1)C(=O)N1CCC2C1C(=O)CN2C(=O)Cc1cccnc1. The second-order valence-corrected chi connectivity index (χ2v) is 8.91. The van der Waals surface area contributed by atoms with Gasteiger partial charge in [0, 0.05) is 18.9 Å². The first-order chi connectivity index (χ1) is 17.0. The number of amides is 3. The van der Waals surface area contributed by atoms with Crippen LogP contribution in [0.2, 0.25) is 0 Å². The zero-order valence-electron chi connectivity index (χ0n) is 19.8. The molecule has 2 aromatic rings. The smallest absolute Gasteiger partial charge is 0.408 e. The quantitative estimate of drug-likeness (QED) is 0.622. The molecule has 9 heteroatoms. The highest BCUT2D eigenvalue weighted by molar-refractivity contribution is 5.99. The first-order valence-electron chi connectivity index (χ1n) is 12.0. The number of alkyl carbamates (subject to hydrolysis) is 1. The minimum Gasteiger partial charge on any atom is -0.445 e. The van der Waals surface area contributed by atoms with Crippen molar-refractivity contribution in [1.82, 2.24) is 20.1 Å². The van der Waals surface area contributed by atoms with Gasteiger partial charge in [0.25, 0.3) is 0 Å². The molecule has 0 bridgehead atoms. The lowest BCUT2D eigenvalue weighted by Crippen LogP contribution is -2.52. The predicted octanol–water partition coefficient (Wildman–Crippen LogP) is 2.10. The number of likely N-dealkylation sites (tertiary alicyclic amines) is 2. The Bertz CT molecular complexity index is 1060. The largest absolute Gasteiger partial charge is 0.445 e. The van der Waals surface area contributed by atoms with Gasteiger partial charge in [0.1, 0.15) is 18.7 Å². The molecule has 3 unspecified atom stereocenters. The minimum atomic E-state index is -0.796. The van der Waals surface area contributed by atoms with Gasteiger partial charge in [-0.25, -0.2) is 4.79 Å². The molecule has 1 N–H and O–H groups in total. The van der Waals surface area contributed by atoms with Gasteiger partial charge in [0.15, 0.2) is 5.78 Å². The van der Waals surface area contributed by atoms with Crippen molar-refractivity contribution in [2.75, 3.05) is 13.1 Å². The maximum Gasteiger partial charge on any atom is 0.408 e. The molecule has 2 aliphatic rings. The minimum absolute atomic E-state index is 0.0107. The summed E-state index contributed by atoms with van der Waals surface area (Å²) in [5.41, 5.74) is 1.62. The number of hydrogen-bond donors (Lipinski definition) is 1. The standard InChI is InChI=1S/C26H30N4O5/c1-2-7-20(28-26(34)35-17-18-8-4-3-5-9-18)25(33)29-13-11-21-24(29)22(31)16-30(21)23(32)14-19-10-6-12-27-15-19/h3-6,8-10,12,15,20-21,24H,2,7,11,13-14,16-17H2,1H3,(H,28,34). The van der Waals surface area contributed by atoms with Gasteiger partial charge in [-0.2, -0.15) is 0 Å². The van der Waals surface area contributed by atoms with Gasteiger partial charge in [-0.05, 0) is 30.0 Å². The van der Waals surface area contributed by atoms with Crippen LogP contribution in [-0.2, 0) is 32.1 Å². The van der Waals surface area contributed by atoms with Gasteiger partial charge in [0.2, 0.25) is 11.8 Å². The number of hydrogen-bond acceptors (Lipinski definition) is 6. The van der Waals surface area contributed by atoms with Gasteiger partial charge < -0.3 is 19.9 Å². The van der Waals surface area contributed by atoms with Crippen LogP contribution in [0.4, 0.5) is 4.79 Å². The molecule has 2 fully saturated rings. The van der Waals surface area contributed by atoms with Gasteiger partial charge in [-0.3, -0.25) is 19.4 Å². The van der Waals surface area contributed by atoms with Crippen LogP contribution in [0.3, 0.4) is 0 Å². The molecule has 35 heavy (non-hydrogen) atoms. The number of fused-ring (bicyclic) bond motifs is 1. The van der Waals surface area contributed by atoms with Crippen LogP contribution in [0, 0.1) is 0 Å². The van der Waals surface area contributed by atoms with Crippen molar-refractivity contribution in [2.45, 2.75) is 57.3 Å². The summed E-state index contributed by atoms with van der Waals surface area (Å²) in [5, 5.41) is 2.68. The highest BCUT2D eigenvalue weighted by Crippen LogP contribution is 2.31. The Hall–Kier alpha value is -3.75. The number of ether oxygens (including phenoxy) is 1. The Kier molecular flexibility index (Phi) is 7.74. The zero-order valence-corrected chi connectivity index (χ0v) is 19.8. The third-order valence-electron chi connectivity index (χ3n) is 6.48. The molecule has 9 nitrogen and oxygen atoms in total. The van der Waals surface area contributed by atoms with Crippen molar-refractivity contribution in [2.24, 2.45) is 0 Å². The van der Waals surface area contributed by atoms with Crippen LogP contribution in [0.1, 0.15) is 37.3 Å². The summed E-state index contributed by atoms with van der Waals surface area (Å²) in [6, 6.07) is 11.0.